The number of rotatable bonds is 3. The Morgan fingerprint density at radius 1 is 1.11 bits per heavy atom. The quantitative estimate of drug-likeness (QED) is 0.898. The summed E-state index contributed by atoms with van der Waals surface area (Å²) in [5.74, 6) is -0.185. The molecule has 0 spiro atoms. The van der Waals surface area contributed by atoms with Crippen LogP contribution in [0.15, 0.2) is 30.3 Å². The molecule has 1 N–H and O–H groups in total. The second-order valence-corrected chi connectivity index (χ2v) is 3.99. The first-order chi connectivity index (χ1) is 8.54. The molecule has 0 bridgehead atoms. The van der Waals surface area contributed by atoms with Crippen molar-refractivity contribution >= 4 is 5.97 Å². The number of carboxylic acid groups (broad SMARTS) is 1. The van der Waals surface area contributed by atoms with Crippen molar-refractivity contribution in [2.24, 2.45) is 0 Å². The van der Waals surface area contributed by atoms with Crippen molar-refractivity contribution in [3.05, 3.63) is 47.2 Å². The van der Waals surface area contributed by atoms with Crippen LogP contribution in [-0.4, -0.2) is 21.3 Å². The summed E-state index contributed by atoms with van der Waals surface area (Å²) in [5, 5.41) is 15.9. The van der Waals surface area contributed by atoms with Gasteiger partial charge in [0.2, 0.25) is 5.88 Å². The molecule has 0 saturated heterocycles. The van der Waals surface area contributed by atoms with Gasteiger partial charge in [-0.2, -0.15) is 0 Å². The second kappa shape index (κ2) is 4.83. The van der Waals surface area contributed by atoms with Gasteiger partial charge in [0, 0.05) is 6.07 Å². The third-order valence-electron chi connectivity index (χ3n) is 2.28. The lowest BCUT2D eigenvalue weighted by molar-refractivity contribution is 0.0689. The molecule has 0 saturated carbocycles. The molecule has 0 atom stereocenters. The first kappa shape index (κ1) is 12.0. The molecule has 1 aromatic heterocycles. The van der Waals surface area contributed by atoms with Gasteiger partial charge < -0.3 is 9.84 Å². The van der Waals surface area contributed by atoms with Crippen LogP contribution in [0.5, 0.6) is 11.6 Å². The number of benzene rings is 1. The van der Waals surface area contributed by atoms with Gasteiger partial charge in [0.25, 0.3) is 0 Å². The minimum absolute atomic E-state index is 0.109. The van der Waals surface area contributed by atoms with Crippen LogP contribution in [0.3, 0.4) is 0 Å². The zero-order chi connectivity index (χ0) is 13.1. The minimum Gasteiger partial charge on any atom is -0.476 e. The van der Waals surface area contributed by atoms with E-state index in [1.165, 1.54) is 12.1 Å². The fourth-order valence-corrected chi connectivity index (χ4v) is 1.60. The van der Waals surface area contributed by atoms with Crippen molar-refractivity contribution in [3.8, 4) is 11.6 Å². The first-order valence-corrected chi connectivity index (χ1v) is 5.38. The Bertz CT molecular complexity index is 559. The molecule has 0 aliphatic rings. The van der Waals surface area contributed by atoms with Crippen LogP contribution in [0.25, 0.3) is 0 Å². The minimum atomic E-state index is -1.11. The maximum absolute atomic E-state index is 10.6. The molecule has 1 heterocycles. The van der Waals surface area contributed by atoms with Crippen LogP contribution >= 0.6 is 0 Å². The van der Waals surface area contributed by atoms with Crippen LogP contribution in [0.2, 0.25) is 0 Å². The SMILES string of the molecule is Cc1cc(C)cc(Oc2ccc(C(=O)O)nn2)c1. The number of aromatic nitrogens is 2. The second-order valence-electron chi connectivity index (χ2n) is 3.99. The van der Waals surface area contributed by atoms with E-state index in [9.17, 15) is 4.79 Å². The molecule has 5 nitrogen and oxygen atoms in total. The number of hydrogen-bond donors (Lipinski definition) is 1. The van der Waals surface area contributed by atoms with Gasteiger partial charge in [0.1, 0.15) is 5.75 Å². The highest BCUT2D eigenvalue weighted by Crippen LogP contribution is 2.21. The summed E-state index contributed by atoms with van der Waals surface area (Å²) in [5.41, 5.74) is 2.06. The van der Waals surface area contributed by atoms with Gasteiger partial charge in [-0.25, -0.2) is 4.79 Å². The smallest absolute Gasteiger partial charge is 0.356 e. The highest BCUT2D eigenvalue weighted by molar-refractivity contribution is 5.84. The fraction of sp³-hybridized carbons (Fsp3) is 0.154. The Labute approximate surface area is 104 Å². The number of carbonyl (C=O) groups is 1. The van der Waals surface area contributed by atoms with Gasteiger partial charge in [0.15, 0.2) is 5.69 Å². The van der Waals surface area contributed by atoms with Gasteiger partial charge in [0.05, 0.1) is 0 Å². The standard InChI is InChI=1S/C13H12N2O3/c1-8-5-9(2)7-10(6-8)18-12-4-3-11(13(16)17)14-15-12/h3-7H,1-2H3,(H,16,17). The molecule has 18 heavy (non-hydrogen) atoms. The average Bonchev–Trinajstić information content (AvgIpc) is 2.28. The number of hydrogen-bond acceptors (Lipinski definition) is 4. The maximum atomic E-state index is 10.6. The Morgan fingerprint density at radius 2 is 1.78 bits per heavy atom. The van der Waals surface area contributed by atoms with Crippen LogP contribution in [0, 0.1) is 13.8 Å². The van der Waals surface area contributed by atoms with E-state index in [0.29, 0.717) is 5.75 Å². The lowest BCUT2D eigenvalue weighted by Gasteiger charge is -2.06. The van der Waals surface area contributed by atoms with Crippen molar-refractivity contribution in [2.45, 2.75) is 13.8 Å². The Morgan fingerprint density at radius 3 is 2.28 bits per heavy atom. The molecule has 2 aromatic rings. The van der Waals surface area contributed by atoms with Gasteiger partial charge in [-0.15, -0.1) is 10.2 Å². The maximum Gasteiger partial charge on any atom is 0.356 e. The summed E-state index contributed by atoms with van der Waals surface area (Å²) < 4.78 is 5.51. The topological polar surface area (TPSA) is 72.3 Å². The van der Waals surface area contributed by atoms with Gasteiger partial charge in [-0.3, -0.25) is 0 Å². The van der Waals surface area contributed by atoms with E-state index >= 15 is 0 Å². The van der Waals surface area contributed by atoms with Crippen molar-refractivity contribution < 1.29 is 14.6 Å². The molecule has 0 aliphatic heterocycles. The van der Waals surface area contributed by atoms with E-state index in [2.05, 4.69) is 10.2 Å². The Balaban J connectivity index is 2.20. The Kier molecular flexibility index (Phi) is 3.23. The van der Waals surface area contributed by atoms with E-state index in [1.54, 1.807) is 0 Å². The first-order valence-electron chi connectivity index (χ1n) is 5.38. The van der Waals surface area contributed by atoms with Crippen LogP contribution in [0.4, 0.5) is 0 Å². The van der Waals surface area contributed by atoms with Crippen LogP contribution in [-0.2, 0) is 0 Å². The molecular weight excluding hydrogens is 232 g/mol. The van der Waals surface area contributed by atoms with Crippen molar-refractivity contribution in [1.29, 1.82) is 0 Å². The molecule has 92 valence electrons. The number of ether oxygens (including phenoxy) is 1. The highest BCUT2D eigenvalue weighted by atomic mass is 16.5. The highest BCUT2D eigenvalue weighted by Gasteiger charge is 2.06. The fourth-order valence-electron chi connectivity index (χ4n) is 1.60. The predicted molar refractivity (Wildman–Crippen MR) is 65.0 cm³/mol. The summed E-state index contributed by atoms with van der Waals surface area (Å²) in [6.45, 7) is 3.94. The number of nitrogens with zero attached hydrogens (tertiary/aromatic N) is 2. The number of aromatic carboxylic acids is 1. The van der Waals surface area contributed by atoms with E-state index in [1.807, 2.05) is 32.0 Å². The summed E-state index contributed by atoms with van der Waals surface area (Å²) >= 11 is 0. The molecular formula is C13H12N2O3. The molecule has 0 unspecified atom stereocenters. The lowest BCUT2D eigenvalue weighted by Crippen LogP contribution is -2.02. The van der Waals surface area contributed by atoms with E-state index in [4.69, 9.17) is 9.84 Å². The number of carboxylic acids is 1. The third-order valence-corrected chi connectivity index (χ3v) is 2.28. The summed E-state index contributed by atoms with van der Waals surface area (Å²) in [7, 11) is 0. The van der Waals surface area contributed by atoms with Crippen LogP contribution in [0.1, 0.15) is 21.6 Å². The molecule has 5 heteroatoms. The van der Waals surface area contributed by atoms with Gasteiger partial charge in [-0.05, 0) is 43.2 Å². The molecule has 1 aromatic carbocycles. The molecule has 0 fully saturated rings. The van der Waals surface area contributed by atoms with Crippen molar-refractivity contribution in [3.63, 3.8) is 0 Å². The summed E-state index contributed by atoms with van der Waals surface area (Å²) in [6.07, 6.45) is 0. The molecule has 2 rings (SSSR count). The third kappa shape index (κ3) is 2.82. The monoisotopic (exact) mass is 244 g/mol. The van der Waals surface area contributed by atoms with Crippen molar-refractivity contribution in [1.82, 2.24) is 10.2 Å². The summed E-state index contributed by atoms with van der Waals surface area (Å²) in [6, 6.07) is 8.62. The summed E-state index contributed by atoms with van der Waals surface area (Å²) in [4.78, 5) is 10.6. The van der Waals surface area contributed by atoms with Crippen molar-refractivity contribution in [2.75, 3.05) is 0 Å². The lowest BCUT2D eigenvalue weighted by atomic mass is 10.1. The molecule has 0 aliphatic carbocycles. The van der Waals surface area contributed by atoms with E-state index in [0.717, 1.165) is 11.1 Å². The number of aryl methyl sites for hydroxylation is 2. The van der Waals surface area contributed by atoms with Gasteiger partial charge in [-0.1, -0.05) is 6.07 Å². The van der Waals surface area contributed by atoms with Gasteiger partial charge >= 0.3 is 5.97 Å². The predicted octanol–water partition coefficient (Wildman–Crippen LogP) is 2.58. The zero-order valence-corrected chi connectivity index (χ0v) is 10.0. The Hall–Kier alpha value is -2.43. The van der Waals surface area contributed by atoms with Crippen LogP contribution < -0.4 is 4.74 Å². The normalized spacial score (nSPS) is 10.1. The zero-order valence-electron chi connectivity index (χ0n) is 10.0. The molecule has 0 radical (unpaired) electrons. The molecule has 0 amide bonds. The largest absolute Gasteiger partial charge is 0.476 e. The van der Waals surface area contributed by atoms with E-state index in [-0.39, 0.29) is 11.6 Å². The van der Waals surface area contributed by atoms with E-state index < -0.39 is 5.97 Å². The average molecular weight is 244 g/mol.